The maximum atomic E-state index is 3.72. The molecule has 19 heavy (non-hydrogen) atoms. The molecule has 0 spiro atoms. The van der Waals surface area contributed by atoms with Crippen LogP contribution in [0.4, 0.5) is 0 Å². The monoisotopic (exact) mass is 259 g/mol. The highest BCUT2D eigenvalue weighted by Crippen LogP contribution is 2.50. The SMILES string of the molecule is CCNC(CCC(C)(C)C)C1CC1c1ccccc1. The zero-order valence-corrected chi connectivity index (χ0v) is 12.9. The van der Waals surface area contributed by atoms with Crippen molar-refractivity contribution in [1.82, 2.24) is 5.32 Å². The summed E-state index contributed by atoms with van der Waals surface area (Å²) in [6, 6.07) is 11.7. The van der Waals surface area contributed by atoms with Gasteiger partial charge in [0.2, 0.25) is 0 Å². The first-order valence-corrected chi connectivity index (χ1v) is 7.79. The van der Waals surface area contributed by atoms with Crippen LogP contribution in [0.1, 0.15) is 58.4 Å². The molecule has 0 saturated heterocycles. The Balaban J connectivity index is 1.91. The van der Waals surface area contributed by atoms with Crippen LogP contribution in [0.25, 0.3) is 0 Å². The lowest BCUT2D eigenvalue weighted by atomic mass is 9.87. The van der Waals surface area contributed by atoms with E-state index in [0.29, 0.717) is 11.5 Å². The van der Waals surface area contributed by atoms with Gasteiger partial charge in [-0.2, -0.15) is 0 Å². The molecule has 3 atom stereocenters. The molecule has 2 rings (SSSR count). The molecule has 1 aliphatic carbocycles. The van der Waals surface area contributed by atoms with Crippen LogP contribution in [0, 0.1) is 11.3 Å². The summed E-state index contributed by atoms with van der Waals surface area (Å²) in [7, 11) is 0. The summed E-state index contributed by atoms with van der Waals surface area (Å²) in [5.74, 6) is 1.65. The second-order valence-electron chi connectivity index (χ2n) is 7.18. The molecule has 1 N–H and O–H groups in total. The van der Waals surface area contributed by atoms with Crippen LogP contribution in [-0.2, 0) is 0 Å². The van der Waals surface area contributed by atoms with Gasteiger partial charge >= 0.3 is 0 Å². The zero-order valence-electron chi connectivity index (χ0n) is 12.9. The average Bonchev–Trinajstić information content (AvgIpc) is 3.14. The molecule has 1 aromatic rings. The lowest BCUT2D eigenvalue weighted by Crippen LogP contribution is -2.32. The molecule has 0 heterocycles. The topological polar surface area (TPSA) is 12.0 Å². The summed E-state index contributed by atoms with van der Waals surface area (Å²) in [4.78, 5) is 0. The summed E-state index contributed by atoms with van der Waals surface area (Å²) in [6.07, 6.45) is 3.99. The molecule has 1 heteroatoms. The largest absolute Gasteiger partial charge is 0.314 e. The molecule has 1 saturated carbocycles. The third kappa shape index (κ3) is 4.35. The van der Waals surface area contributed by atoms with Crippen molar-refractivity contribution in [1.29, 1.82) is 0 Å². The van der Waals surface area contributed by atoms with Crippen molar-refractivity contribution >= 4 is 0 Å². The van der Waals surface area contributed by atoms with Crippen molar-refractivity contribution < 1.29 is 0 Å². The molecule has 1 aliphatic rings. The predicted molar refractivity (Wildman–Crippen MR) is 83.4 cm³/mol. The number of rotatable bonds is 6. The van der Waals surface area contributed by atoms with Gasteiger partial charge in [0, 0.05) is 6.04 Å². The van der Waals surface area contributed by atoms with Crippen molar-refractivity contribution in [3.8, 4) is 0 Å². The van der Waals surface area contributed by atoms with Crippen molar-refractivity contribution in [2.24, 2.45) is 11.3 Å². The number of nitrogens with one attached hydrogen (secondary N) is 1. The van der Waals surface area contributed by atoms with E-state index in [-0.39, 0.29) is 0 Å². The van der Waals surface area contributed by atoms with Gasteiger partial charge in [0.15, 0.2) is 0 Å². The highest BCUT2D eigenvalue weighted by Gasteiger charge is 2.43. The molecular formula is C18H29N. The minimum atomic E-state index is 0.449. The van der Waals surface area contributed by atoms with E-state index in [4.69, 9.17) is 0 Å². The Kier molecular flexibility index (Phi) is 4.67. The normalized spacial score (nSPS) is 24.2. The quantitative estimate of drug-likeness (QED) is 0.787. The number of hydrogen-bond donors (Lipinski definition) is 1. The molecular weight excluding hydrogens is 230 g/mol. The second-order valence-corrected chi connectivity index (χ2v) is 7.18. The van der Waals surface area contributed by atoms with E-state index < -0.39 is 0 Å². The molecule has 0 aliphatic heterocycles. The first-order valence-electron chi connectivity index (χ1n) is 7.79. The average molecular weight is 259 g/mol. The summed E-state index contributed by atoms with van der Waals surface area (Å²) in [5.41, 5.74) is 1.98. The minimum Gasteiger partial charge on any atom is -0.314 e. The summed E-state index contributed by atoms with van der Waals surface area (Å²) in [5, 5.41) is 3.72. The van der Waals surface area contributed by atoms with E-state index in [2.05, 4.69) is 63.3 Å². The molecule has 0 aromatic heterocycles. The molecule has 1 fully saturated rings. The van der Waals surface area contributed by atoms with Gasteiger partial charge in [0.25, 0.3) is 0 Å². The van der Waals surface area contributed by atoms with Crippen molar-refractivity contribution in [3.63, 3.8) is 0 Å². The highest BCUT2D eigenvalue weighted by molar-refractivity contribution is 5.26. The highest BCUT2D eigenvalue weighted by atomic mass is 14.9. The Morgan fingerprint density at radius 3 is 2.47 bits per heavy atom. The van der Waals surface area contributed by atoms with E-state index in [1.54, 1.807) is 0 Å². The lowest BCUT2D eigenvalue weighted by molar-refractivity contribution is 0.316. The Bertz CT molecular complexity index is 376. The molecule has 1 aromatic carbocycles. The summed E-state index contributed by atoms with van der Waals surface area (Å²) in [6.45, 7) is 10.4. The van der Waals surface area contributed by atoms with E-state index in [1.165, 1.54) is 24.8 Å². The molecule has 3 unspecified atom stereocenters. The van der Waals surface area contributed by atoms with Crippen LogP contribution in [-0.4, -0.2) is 12.6 Å². The van der Waals surface area contributed by atoms with Gasteiger partial charge in [0.05, 0.1) is 0 Å². The van der Waals surface area contributed by atoms with Crippen LogP contribution in [0.15, 0.2) is 30.3 Å². The van der Waals surface area contributed by atoms with E-state index in [9.17, 15) is 0 Å². The lowest BCUT2D eigenvalue weighted by Gasteiger charge is -2.24. The molecule has 0 amide bonds. The summed E-state index contributed by atoms with van der Waals surface area (Å²) >= 11 is 0. The predicted octanol–water partition coefficient (Wildman–Crippen LogP) is 4.59. The van der Waals surface area contributed by atoms with Gasteiger partial charge in [-0.05, 0) is 48.6 Å². The zero-order chi connectivity index (χ0) is 13.9. The third-order valence-electron chi connectivity index (χ3n) is 4.26. The Morgan fingerprint density at radius 1 is 1.21 bits per heavy atom. The summed E-state index contributed by atoms with van der Waals surface area (Å²) < 4.78 is 0. The van der Waals surface area contributed by atoms with Gasteiger partial charge in [0.1, 0.15) is 0 Å². The Morgan fingerprint density at radius 2 is 1.89 bits per heavy atom. The van der Waals surface area contributed by atoms with Crippen LogP contribution in [0.2, 0.25) is 0 Å². The number of hydrogen-bond acceptors (Lipinski definition) is 1. The van der Waals surface area contributed by atoms with Gasteiger partial charge in [-0.15, -0.1) is 0 Å². The molecule has 1 nitrogen and oxygen atoms in total. The van der Waals surface area contributed by atoms with Crippen LogP contribution in [0.5, 0.6) is 0 Å². The van der Waals surface area contributed by atoms with E-state index in [0.717, 1.165) is 18.4 Å². The first-order chi connectivity index (χ1) is 9.01. The van der Waals surface area contributed by atoms with Gasteiger partial charge in [-0.1, -0.05) is 58.0 Å². The standard InChI is InChI=1S/C18H29N/c1-5-19-17(11-12-18(2,3)4)16-13-15(16)14-9-7-6-8-10-14/h6-10,15-17,19H,5,11-13H2,1-4H3. The fourth-order valence-electron chi connectivity index (χ4n) is 3.06. The minimum absolute atomic E-state index is 0.449. The van der Waals surface area contributed by atoms with Crippen molar-refractivity contribution in [2.75, 3.05) is 6.54 Å². The fraction of sp³-hybridized carbons (Fsp3) is 0.667. The first kappa shape index (κ1) is 14.6. The van der Waals surface area contributed by atoms with Crippen LogP contribution < -0.4 is 5.32 Å². The molecule has 106 valence electrons. The Hall–Kier alpha value is -0.820. The van der Waals surface area contributed by atoms with Crippen molar-refractivity contribution in [2.45, 2.75) is 58.9 Å². The molecule has 0 bridgehead atoms. The second kappa shape index (κ2) is 6.09. The number of benzene rings is 1. The Labute approximate surface area is 118 Å². The smallest absolute Gasteiger partial charge is 0.0101 e. The fourth-order valence-corrected chi connectivity index (χ4v) is 3.06. The van der Waals surface area contributed by atoms with Gasteiger partial charge < -0.3 is 5.32 Å². The van der Waals surface area contributed by atoms with Crippen LogP contribution in [0.3, 0.4) is 0 Å². The molecule has 0 radical (unpaired) electrons. The van der Waals surface area contributed by atoms with Crippen LogP contribution >= 0.6 is 0 Å². The van der Waals surface area contributed by atoms with E-state index >= 15 is 0 Å². The van der Waals surface area contributed by atoms with Gasteiger partial charge in [-0.3, -0.25) is 0 Å². The maximum Gasteiger partial charge on any atom is 0.0101 e. The van der Waals surface area contributed by atoms with E-state index in [1.807, 2.05) is 0 Å². The van der Waals surface area contributed by atoms with Gasteiger partial charge in [-0.25, -0.2) is 0 Å². The van der Waals surface area contributed by atoms with Crippen molar-refractivity contribution in [3.05, 3.63) is 35.9 Å². The maximum absolute atomic E-state index is 3.72. The third-order valence-corrected chi connectivity index (χ3v) is 4.26.